The molecular weight excluding hydrogens is 252 g/mol. The molecule has 0 aliphatic carbocycles. The third-order valence-corrected chi connectivity index (χ3v) is 3.00. The highest BCUT2D eigenvalue weighted by Crippen LogP contribution is 2.19. The quantitative estimate of drug-likeness (QED) is 0.747. The Labute approximate surface area is 115 Å². The first kappa shape index (κ1) is 12.2. The number of aromatic hydroxyl groups is 1. The SMILES string of the molecule is O=C(Nc1cccc(O)c1)c1ccnc2ccccc12. The van der Waals surface area contributed by atoms with Crippen LogP contribution in [-0.2, 0) is 0 Å². The van der Waals surface area contributed by atoms with Crippen LogP contribution in [0.4, 0.5) is 5.69 Å². The molecule has 0 aliphatic rings. The summed E-state index contributed by atoms with van der Waals surface area (Å²) in [6.45, 7) is 0. The van der Waals surface area contributed by atoms with Gasteiger partial charge in [0.05, 0.1) is 11.1 Å². The summed E-state index contributed by atoms with van der Waals surface area (Å²) < 4.78 is 0. The molecule has 3 aromatic rings. The molecule has 98 valence electrons. The summed E-state index contributed by atoms with van der Waals surface area (Å²) in [6.07, 6.45) is 1.61. The van der Waals surface area contributed by atoms with Crippen molar-refractivity contribution in [1.82, 2.24) is 4.98 Å². The van der Waals surface area contributed by atoms with Gasteiger partial charge in [-0.15, -0.1) is 0 Å². The van der Waals surface area contributed by atoms with Gasteiger partial charge in [-0.3, -0.25) is 9.78 Å². The average Bonchev–Trinajstić information content (AvgIpc) is 2.46. The normalized spacial score (nSPS) is 10.4. The van der Waals surface area contributed by atoms with E-state index >= 15 is 0 Å². The number of nitrogens with one attached hydrogen (secondary N) is 1. The van der Waals surface area contributed by atoms with Gasteiger partial charge in [-0.1, -0.05) is 24.3 Å². The molecule has 0 radical (unpaired) electrons. The number of rotatable bonds is 2. The number of fused-ring (bicyclic) bond motifs is 1. The van der Waals surface area contributed by atoms with E-state index in [-0.39, 0.29) is 11.7 Å². The van der Waals surface area contributed by atoms with Crippen molar-refractivity contribution < 1.29 is 9.90 Å². The molecule has 0 bridgehead atoms. The maximum Gasteiger partial charge on any atom is 0.256 e. The Morgan fingerprint density at radius 2 is 1.90 bits per heavy atom. The lowest BCUT2D eigenvalue weighted by atomic mass is 10.1. The first-order chi connectivity index (χ1) is 9.74. The number of nitrogens with zero attached hydrogens (tertiary/aromatic N) is 1. The Bertz CT molecular complexity index is 779. The first-order valence-corrected chi connectivity index (χ1v) is 6.18. The third-order valence-electron chi connectivity index (χ3n) is 3.00. The number of benzene rings is 2. The fourth-order valence-electron chi connectivity index (χ4n) is 2.08. The van der Waals surface area contributed by atoms with E-state index in [1.807, 2.05) is 24.3 Å². The number of pyridine rings is 1. The van der Waals surface area contributed by atoms with Gasteiger partial charge in [-0.25, -0.2) is 0 Å². The van der Waals surface area contributed by atoms with E-state index in [0.717, 1.165) is 10.9 Å². The Morgan fingerprint density at radius 1 is 1.05 bits per heavy atom. The average molecular weight is 264 g/mol. The summed E-state index contributed by atoms with van der Waals surface area (Å²) in [6, 6.07) is 15.6. The summed E-state index contributed by atoms with van der Waals surface area (Å²) in [5.74, 6) is -0.114. The number of phenols is 1. The van der Waals surface area contributed by atoms with Crippen LogP contribution < -0.4 is 5.32 Å². The van der Waals surface area contributed by atoms with Crippen LogP contribution in [-0.4, -0.2) is 16.0 Å². The minimum absolute atomic E-state index is 0.113. The minimum atomic E-state index is -0.228. The Kier molecular flexibility index (Phi) is 3.05. The van der Waals surface area contributed by atoms with Crippen LogP contribution in [0.5, 0.6) is 5.75 Å². The number of hydrogen-bond acceptors (Lipinski definition) is 3. The molecular formula is C16H12N2O2. The van der Waals surface area contributed by atoms with Gasteiger partial charge in [0, 0.05) is 23.3 Å². The second-order valence-electron chi connectivity index (χ2n) is 4.38. The largest absolute Gasteiger partial charge is 0.508 e. The molecule has 0 atom stereocenters. The van der Waals surface area contributed by atoms with Crippen molar-refractivity contribution in [2.24, 2.45) is 0 Å². The fourth-order valence-corrected chi connectivity index (χ4v) is 2.08. The highest BCUT2D eigenvalue weighted by Gasteiger charge is 2.10. The lowest BCUT2D eigenvalue weighted by Crippen LogP contribution is -2.12. The maximum atomic E-state index is 12.3. The molecule has 4 heteroatoms. The number of amides is 1. The van der Waals surface area contributed by atoms with Crippen LogP contribution in [0, 0.1) is 0 Å². The van der Waals surface area contributed by atoms with Gasteiger partial charge < -0.3 is 10.4 Å². The predicted molar refractivity (Wildman–Crippen MR) is 77.8 cm³/mol. The molecule has 1 heterocycles. The second kappa shape index (κ2) is 5.01. The molecule has 1 amide bonds. The van der Waals surface area contributed by atoms with E-state index < -0.39 is 0 Å². The Hall–Kier alpha value is -2.88. The smallest absolute Gasteiger partial charge is 0.256 e. The van der Waals surface area contributed by atoms with Crippen LogP contribution in [0.25, 0.3) is 10.9 Å². The Morgan fingerprint density at radius 3 is 2.75 bits per heavy atom. The van der Waals surface area contributed by atoms with E-state index in [1.165, 1.54) is 6.07 Å². The van der Waals surface area contributed by atoms with Gasteiger partial charge in [0.25, 0.3) is 5.91 Å². The maximum absolute atomic E-state index is 12.3. The van der Waals surface area contributed by atoms with Crippen molar-refractivity contribution in [1.29, 1.82) is 0 Å². The molecule has 0 unspecified atom stereocenters. The van der Waals surface area contributed by atoms with E-state index in [1.54, 1.807) is 30.5 Å². The van der Waals surface area contributed by atoms with Crippen molar-refractivity contribution >= 4 is 22.5 Å². The van der Waals surface area contributed by atoms with E-state index in [2.05, 4.69) is 10.3 Å². The van der Waals surface area contributed by atoms with Crippen LogP contribution >= 0.6 is 0 Å². The minimum Gasteiger partial charge on any atom is -0.508 e. The lowest BCUT2D eigenvalue weighted by molar-refractivity contribution is 0.102. The highest BCUT2D eigenvalue weighted by atomic mass is 16.3. The summed E-state index contributed by atoms with van der Waals surface area (Å²) >= 11 is 0. The molecule has 0 aliphatic heterocycles. The zero-order valence-corrected chi connectivity index (χ0v) is 10.6. The lowest BCUT2D eigenvalue weighted by Gasteiger charge is -2.07. The molecule has 0 saturated carbocycles. The summed E-state index contributed by atoms with van der Waals surface area (Å²) in [5, 5.41) is 13.0. The van der Waals surface area contributed by atoms with E-state index in [4.69, 9.17) is 0 Å². The van der Waals surface area contributed by atoms with Gasteiger partial charge >= 0.3 is 0 Å². The number of hydrogen-bond donors (Lipinski definition) is 2. The number of phenolic OH excluding ortho intramolecular Hbond substituents is 1. The fraction of sp³-hybridized carbons (Fsp3) is 0. The number of aromatic nitrogens is 1. The molecule has 0 fully saturated rings. The van der Waals surface area contributed by atoms with Crippen LogP contribution in [0.15, 0.2) is 60.8 Å². The van der Waals surface area contributed by atoms with E-state index in [0.29, 0.717) is 11.3 Å². The molecule has 0 saturated heterocycles. The van der Waals surface area contributed by atoms with Crippen molar-refractivity contribution in [3.05, 3.63) is 66.4 Å². The first-order valence-electron chi connectivity index (χ1n) is 6.18. The van der Waals surface area contributed by atoms with Crippen LogP contribution in [0.1, 0.15) is 10.4 Å². The van der Waals surface area contributed by atoms with Gasteiger partial charge in [-0.05, 0) is 24.3 Å². The van der Waals surface area contributed by atoms with Crippen molar-refractivity contribution in [2.45, 2.75) is 0 Å². The van der Waals surface area contributed by atoms with Gasteiger partial charge in [-0.2, -0.15) is 0 Å². The zero-order valence-electron chi connectivity index (χ0n) is 10.6. The molecule has 20 heavy (non-hydrogen) atoms. The topological polar surface area (TPSA) is 62.2 Å². The van der Waals surface area contributed by atoms with Gasteiger partial charge in [0.1, 0.15) is 5.75 Å². The van der Waals surface area contributed by atoms with Gasteiger partial charge in [0.2, 0.25) is 0 Å². The third kappa shape index (κ3) is 2.31. The zero-order chi connectivity index (χ0) is 13.9. The molecule has 0 spiro atoms. The number of para-hydroxylation sites is 1. The molecule has 1 aromatic heterocycles. The summed E-state index contributed by atoms with van der Waals surface area (Å²) in [4.78, 5) is 16.5. The highest BCUT2D eigenvalue weighted by molar-refractivity contribution is 6.12. The summed E-state index contributed by atoms with van der Waals surface area (Å²) in [5.41, 5.74) is 1.88. The molecule has 3 rings (SSSR count). The Balaban J connectivity index is 1.97. The molecule has 2 aromatic carbocycles. The van der Waals surface area contributed by atoms with Crippen molar-refractivity contribution in [3.8, 4) is 5.75 Å². The molecule has 2 N–H and O–H groups in total. The van der Waals surface area contributed by atoms with Crippen LogP contribution in [0.2, 0.25) is 0 Å². The van der Waals surface area contributed by atoms with Crippen LogP contribution in [0.3, 0.4) is 0 Å². The standard InChI is InChI=1S/C16H12N2O2/c19-12-5-3-4-11(10-12)18-16(20)14-8-9-17-15-7-2-1-6-13(14)15/h1-10,19H,(H,18,20). The molecule has 4 nitrogen and oxygen atoms in total. The summed E-state index contributed by atoms with van der Waals surface area (Å²) in [7, 11) is 0. The van der Waals surface area contributed by atoms with Gasteiger partial charge in [0.15, 0.2) is 0 Å². The predicted octanol–water partition coefficient (Wildman–Crippen LogP) is 3.19. The van der Waals surface area contributed by atoms with E-state index in [9.17, 15) is 9.90 Å². The number of carbonyl (C=O) groups excluding carboxylic acids is 1. The van der Waals surface area contributed by atoms with Crippen molar-refractivity contribution in [2.75, 3.05) is 5.32 Å². The number of anilines is 1. The van der Waals surface area contributed by atoms with Crippen molar-refractivity contribution in [3.63, 3.8) is 0 Å². The number of carbonyl (C=O) groups is 1. The second-order valence-corrected chi connectivity index (χ2v) is 4.38. The monoisotopic (exact) mass is 264 g/mol.